The number of amides is 1. The molecule has 0 aromatic heterocycles. The third-order valence-corrected chi connectivity index (χ3v) is 4.37. The fourth-order valence-corrected chi connectivity index (χ4v) is 3.15. The molecular weight excluding hydrogens is 276 g/mol. The molecular formula is C18H36N2O2. The van der Waals surface area contributed by atoms with E-state index in [0.29, 0.717) is 12.6 Å². The molecule has 0 spiro atoms. The largest absolute Gasteiger partial charge is 0.444 e. The van der Waals surface area contributed by atoms with Crippen LogP contribution in [0.5, 0.6) is 0 Å². The van der Waals surface area contributed by atoms with Crippen molar-refractivity contribution in [3.8, 4) is 0 Å². The monoisotopic (exact) mass is 312 g/mol. The predicted octanol–water partition coefficient (Wildman–Crippen LogP) is 4.19. The number of nitrogens with zero attached hydrogens (tertiary/aromatic N) is 1. The summed E-state index contributed by atoms with van der Waals surface area (Å²) in [6, 6.07) is 0.619. The molecule has 0 saturated heterocycles. The summed E-state index contributed by atoms with van der Waals surface area (Å²) in [5, 5.41) is 3.62. The Bertz CT molecular complexity index is 326. The molecule has 4 heteroatoms. The summed E-state index contributed by atoms with van der Waals surface area (Å²) < 4.78 is 5.36. The molecule has 2 atom stereocenters. The number of hydrogen-bond donors (Lipinski definition) is 1. The highest BCUT2D eigenvalue weighted by atomic mass is 16.6. The molecule has 1 aliphatic carbocycles. The third-order valence-electron chi connectivity index (χ3n) is 4.37. The zero-order valence-corrected chi connectivity index (χ0v) is 15.3. The van der Waals surface area contributed by atoms with Crippen LogP contribution in [-0.2, 0) is 4.74 Å². The van der Waals surface area contributed by atoms with Crippen LogP contribution in [0.25, 0.3) is 0 Å². The maximum atomic E-state index is 11.9. The molecule has 0 heterocycles. The lowest BCUT2D eigenvalue weighted by atomic mass is 9.95. The lowest BCUT2D eigenvalue weighted by molar-refractivity contribution is 0.0299. The van der Waals surface area contributed by atoms with E-state index in [0.717, 1.165) is 12.5 Å². The van der Waals surface area contributed by atoms with Gasteiger partial charge >= 0.3 is 6.09 Å². The highest BCUT2D eigenvalue weighted by Crippen LogP contribution is 2.26. The quantitative estimate of drug-likeness (QED) is 0.748. The first kappa shape index (κ1) is 19.3. The summed E-state index contributed by atoms with van der Waals surface area (Å²) in [6.07, 6.45) is 9.09. The van der Waals surface area contributed by atoms with Crippen molar-refractivity contribution in [3.05, 3.63) is 0 Å². The van der Waals surface area contributed by atoms with Crippen LogP contribution in [0.4, 0.5) is 4.79 Å². The summed E-state index contributed by atoms with van der Waals surface area (Å²) in [4.78, 5) is 13.5. The van der Waals surface area contributed by atoms with Gasteiger partial charge in [0.05, 0.1) is 0 Å². The standard InChI is InChI=1S/C18H36N2O2/c1-6-8-15-9-7-10-16(12-11-15)19-13-14-20(5)17(21)22-18(2,3)4/h15-16,19H,6-14H2,1-5H3. The molecule has 2 unspecified atom stereocenters. The molecule has 0 aromatic carbocycles. The first-order valence-corrected chi connectivity index (χ1v) is 8.99. The van der Waals surface area contributed by atoms with E-state index in [2.05, 4.69) is 12.2 Å². The van der Waals surface area contributed by atoms with Gasteiger partial charge in [-0.1, -0.05) is 32.6 Å². The van der Waals surface area contributed by atoms with Crippen LogP contribution in [0.2, 0.25) is 0 Å². The molecule has 1 fully saturated rings. The minimum atomic E-state index is -0.422. The van der Waals surface area contributed by atoms with E-state index in [1.165, 1.54) is 44.9 Å². The van der Waals surface area contributed by atoms with Crippen LogP contribution in [-0.4, -0.2) is 42.8 Å². The highest BCUT2D eigenvalue weighted by molar-refractivity contribution is 5.67. The molecule has 0 aliphatic heterocycles. The number of ether oxygens (including phenoxy) is 1. The molecule has 1 N–H and O–H groups in total. The second-order valence-corrected chi connectivity index (χ2v) is 7.72. The minimum absolute atomic E-state index is 0.238. The van der Waals surface area contributed by atoms with E-state index in [-0.39, 0.29) is 6.09 Å². The Morgan fingerprint density at radius 2 is 1.95 bits per heavy atom. The van der Waals surface area contributed by atoms with Crippen molar-refractivity contribution in [1.82, 2.24) is 10.2 Å². The Hall–Kier alpha value is -0.770. The number of rotatable bonds is 6. The Morgan fingerprint density at radius 1 is 1.23 bits per heavy atom. The maximum absolute atomic E-state index is 11.9. The van der Waals surface area contributed by atoms with E-state index >= 15 is 0 Å². The molecule has 1 amide bonds. The Balaban J connectivity index is 2.22. The molecule has 1 aliphatic rings. The number of carbonyl (C=O) groups excluding carboxylic acids is 1. The first-order valence-electron chi connectivity index (χ1n) is 8.99. The van der Waals surface area contributed by atoms with Crippen molar-refractivity contribution in [3.63, 3.8) is 0 Å². The molecule has 0 radical (unpaired) electrons. The van der Waals surface area contributed by atoms with Crippen molar-refractivity contribution < 1.29 is 9.53 Å². The molecule has 1 rings (SSSR count). The fraction of sp³-hybridized carbons (Fsp3) is 0.944. The van der Waals surface area contributed by atoms with Gasteiger partial charge in [0, 0.05) is 26.2 Å². The van der Waals surface area contributed by atoms with Gasteiger partial charge in [-0.3, -0.25) is 0 Å². The van der Waals surface area contributed by atoms with Crippen molar-refractivity contribution in [1.29, 1.82) is 0 Å². The van der Waals surface area contributed by atoms with Gasteiger partial charge in [-0.25, -0.2) is 4.79 Å². The molecule has 22 heavy (non-hydrogen) atoms. The third kappa shape index (κ3) is 8.02. The number of nitrogens with one attached hydrogen (secondary N) is 1. The smallest absolute Gasteiger partial charge is 0.410 e. The van der Waals surface area contributed by atoms with Crippen LogP contribution >= 0.6 is 0 Å². The van der Waals surface area contributed by atoms with E-state index in [1.807, 2.05) is 20.8 Å². The molecule has 4 nitrogen and oxygen atoms in total. The van der Waals surface area contributed by atoms with Crippen LogP contribution in [0.1, 0.15) is 72.6 Å². The van der Waals surface area contributed by atoms with Gasteiger partial charge in [0.1, 0.15) is 5.60 Å². The summed E-state index contributed by atoms with van der Waals surface area (Å²) in [7, 11) is 1.81. The van der Waals surface area contributed by atoms with Crippen molar-refractivity contribution >= 4 is 6.09 Å². The average molecular weight is 312 g/mol. The van der Waals surface area contributed by atoms with E-state index in [4.69, 9.17) is 4.74 Å². The van der Waals surface area contributed by atoms with Gasteiger partial charge in [0.25, 0.3) is 0 Å². The van der Waals surface area contributed by atoms with Crippen molar-refractivity contribution in [2.24, 2.45) is 5.92 Å². The summed E-state index contributed by atoms with van der Waals surface area (Å²) >= 11 is 0. The van der Waals surface area contributed by atoms with Gasteiger partial charge in [-0.05, 0) is 46.0 Å². The van der Waals surface area contributed by atoms with Gasteiger partial charge in [0.2, 0.25) is 0 Å². The lowest BCUT2D eigenvalue weighted by Gasteiger charge is -2.25. The summed E-state index contributed by atoms with van der Waals surface area (Å²) in [5.41, 5.74) is -0.422. The molecule has 0 bridgehead atoms. The topological polar surface area (TPSA) is 41.6 Å². The van der Waals surface area contributed by atoms with E-state index < -0.39 is 5.60 Å². The zero-order valence-electron chi connectivity index (χ0n) is 15.3. The highest BCUT2D eigenvalue weighted by Gasteiger charge is 2.20. The van der Waals surface area contributed by atoms with Crippen LogP contribution < -0.4 is 5.32 Å². The molecule has 0 aromatic rings. The van der Waals surface area contributed by atoms with Crippen molar-refractivity contribution in [2.45, 2.75) is 84.3 Å². The maximum Gasteiger partial charge on any atom is 0.410 e. The Morgan fingerprint density at radius 3 is 2.59 bits per heavy atom. The SMILES string of the molecule is CCCC1CCCC(NCCN(C)C(=O)OC(C)(C)C)CC1. The van der Waals surface area contributed by atoms with Crippen LogP contribution in [0.3, 0.4) is 0 Å². The van der Waals surface area contributed by atoms with E-state index in [9.17, 15) is 4.79 Å². The van der Waals surface area contributed by atoms with Crippen LogP contribution in [0, 0.1) is 5.92 Å². The fourth-order valence-electron chi connectivity index (χ4n) is 3.15. The Kier molecular flexibility index (Phi) is 8.23. The van der Waals surface area contributed by atoms with Gasteiger partial charge in [-0.15, -0.1) is 0 Å². The normalized spacial score (nSPS) is 23.0. The average Bonchev–Trinajstić information content (AvgIpc) is 2.63. The summed E-state index contributed by atoms with van der Waals surface area (Å²) in [6.45, 7) is 9.52. The summed E-state index contributed by atoms with van der Waals surface area (Å²) in [5.74, 6) is 0.932. The second-order valence-electron chi connectivity index (χ2n) is 7.72. The predicted molar refractivity (Wildman–Crippen MR) is 92.1 cm³/mol. The zero-order chi connectivity index (χ0) is 16.6. The molecule has 130 valence electrons. The van der Waals surface area contributed by atoms with Gasteiger partial charge < -0.3 is 15.0 Å². The lowest BCUT2D eigenvalue weighted by Crippen LogP contribution is -2.40. The second kappa shape index (κ2) is 9.39. The first-order chi connectivity index (χ1) is 10.3. The van der Waals surface area contributed by atoms with Gasteiger partial charge in [0.15, 0.2) is 0 Å². The van der Waals surface area contributed by atoms with E-state index in [1.54, 1.807) is 11.9 Å². The Labute approximate surface area is 137 Å². The van der Waals surface area contributed by atoms with Crippen molar-refractivity contribution in [2.75, 3.05) is 20.1 Å². The number of hydrogen-bond acceptors (Lipinski definition) is 3. The number of likely N-dealkylation sites (N-methyl/N-ethyl adjacent to an activating group) is 1. The number of carbonyl (C=O) groups is 1. The minimum Gasteiger partial charge on any atom is -0.444 e. The molecule has 1 saturated carbocycles. The van der Waals surface area contributed by atoms with Crippen LogP contribution in [0.15, 0.2) is 0 Å². The van der Waals surface area contributed by atoms with Gasteiger partial charge in [-0.2, -0.15) is 0 Å².